The van der Waals surface area contributed by atoms with E-state index in [0.29, 0.717) is 48.4 Å². The summed E-state index contributed by atoms with van der Waals surface area (Å²) in [7, 11) is 0. The number of nitrogens with zero attached hydrogens (tertiary/aromatic N) is 4. The van der Waals surface area contributed by atoms with Gasteiger partial charge in [0, 0.05) is 30.4 Å². The van der Waals surface area contributed by atoms with Gasteiger partial charge in [0.1, 0.15) is 23.2 Å². The molecule has 0 aliphatic carbocycles. The molecule has 0 amide bonds. The monoisotopic (exact) mass is 392 g/mol. The first-order chi connectivity index (χ1) is 14.1. The summed E-state index contributed by atoms with van der Waals surface area (Å²) in [6, 6.07) is 10.1. The van der Waals surface area contributed by atoms with Crippen LogP contribution >= 0.6 is 0 Å². The van der Waals surface area contributed by atoms with Crippen LogP contribution in [0.15, 0.2) is 48.9 Å². The highest BCUT2D eigenvalue weighted by molar-refractivity contribution is 6.03. The predicted molar refractivity (Wildman–Crippen MR) is 106 cm³/mol. The third kappa shape index (κ3) is 2.89. The average Bonchev–Trinajstić information content (AvgIpc) is 3.17. The van der Waals surface area contributed by atoms with Gasteiger partial charge < -0.3 is 14.7 Å². The van der Waals surface area contributed by atoms with Gasteiger partial charge >= 0.3 is 5.97 Å². The zero-order chi connectivity index (χ0) is 20.0. The normalized spacial score (nSPS) is 14.6. The Bertz CT molecular complexity index is 1250. The fourth-order valence-corrected chi connectivity index (χ4v) is 3.80. The summed E-state index contributed by atoms with van der Waals surface area (Å²) >= 11 is 0. The lowest BCUT2D eigenvalue weighted by Crippen LogP contribution is -2.36. The number of morpholine rings is 1. The molecule has 0 spiro atoms. The molecule has 5 rings (SSSR count). The molecular weight excluding hydrogens is 375 g/mol. The van der Waals surface area contributed by atoms with Crippen molar-refractivity contribution < 1.29 is 19.0 Å². The summed E-state index contributed by atoms with van der Waals surface area (Å²) in [6.45, 7) is 2.55. The van der Waals surface area contributed by atoms with Crippen LogP contribution < -0.4 is 4.90 Å². The summed E-state index contributed by atoms with van der Waals surface area (Å²) in [4.78, 5) is 22.5. The van der Waals surface area contributed by atoms with Crippen LogP contribution in [0.2, 0.25) is 0 Å². The predicted octanol–water partition coefficient (Wildman–Crippen LogP) is 3.25. The zero-order valence-corrected chi connectivity index (χ0v) is 15.4. The van der Waals surface area contributed by atoms with E-state index in [9.17, 15) is 14.3 Å². The second kappa shape index (κ2) is 6.82. The molecule has 8 heteroatoms. The van der Waals surface area contributed by atoms with Crippen LogP contribution in [0.1, 0.15) is 10.4 Å². The number of imidazole rings is 1. The van der Waals surface area contributed by atoms with Gasteiger partial charge in [-0.05, 0) is 24.3 Å². The number of anilines is 1. The number of halogens is 1. The fourth-order valence-electron chi connectivity index (χ4n) is 3.80. The van der Waals surface area contributed by atoms with Crippen LogP contribution in [0.5, 0.6) is 0 Å². The third-order valence-electron chi connectivity index (χ3n) is 5.20. The number of carboxylic acid groups (broad SMARTS) is 1. The van der Waals surface area contributed by atoms with E-state index in [0.717, 1.165) is 5.69 Å². The van der Waals surface area contributed by atoms with Gasteiger partial charge in [0.05, 0.1) is 30.0 Å². The van der Waals surface area contributed by atoms with Crippen molar-refractivity contribution in [3.63, 3.8) is 0 Å². The third-order valence-corrected chi connectivity index (χ3v) is 5.20. The number of aromatic nitrogens is 3. The number of carboxylic acids is 1. The molecule has 1 aliphatic heterocycles. The molecule has 146 valence electrons. The van der Waals surface area contributed by atoms with Gasteiger partial charge in [-0.1, -0.05) is 12.1 Å². The highest BCUT2D eigenvalue weighted by Crippen LogP contribution is 2.31. The molecule has 0 saturated carbocycles. The Morgan fingerprint density at radius 2 is 1.93 bits per heavy atom. The summed E-state index contributed by atoms with van der Waals surface area (Å²) in [6.07, 6.45) is 3.11. The molecule has 1 aliphatic rings. The second-order valence-corrected chi connectivity index (χ2v) is 6.85. The first-order valence-corrected chi connectivity index (χ1v) is 9.24. The van der Waals surface area contributed by atoms with Gasteiger partial charge in [-0.2, -0.15) is 0 Å². The first kappa shape index (κ1) is 17.6. The van der Waals surface area contributed by atoms with Gasteiger partial charge in [-0.3, -0.25) is 9.55 Å². The molecule has 2 aromatic carbocycles. The van der Waals surface area contributed by atoms with Crippen molar-refractivity contribution in [1.82, 2.24) is 14.5 Å². The smallest absolute Gasteiger partial charge is 0.338 e. The van der Waals surface area contributed by atoms with E-state index >= 15 is 0 Å². The summed E-state index contributed by atoms with van der Waals surface area (Å²) in [5.41, 5.74) is 2.90. The lowest BCUT2D eigenvalue weighted by atomic mass is 10.1. The lowest BCUT2D eigenvalue weighted by molar-refractivity contribution is 0.0699. The number of fused-ring (bicyclic) bond motifs is 2. The van der Waals surface area contributed by atoms with Gasteiger partial charge in [0.25, 0.3) is 0 Å². The molecule has 4 aromatic rings. The maximum absolute atomic E-state index is 14.2. The number of aromatic carboxylic acids is 1. The van der Waals surface area contributed by atoms with E-state index in [1.54, 1.807) is 35.2 Å². The van der Waals surface area contributed by atoms with Crippen LogP contribution in [0, 0.1) is 5.82 Å². The van der Waals surface area contributed by atoms with Crippen molar-refractivity contribution in [1.29, 1.82) is 0 Å². The fraction of sp³-hybridized carbons (Fsp3) is 0.190. The zero-order valence-electron chi connectivity index (χ0n) is 15.4. The molecule has 3 heterocycles. The highest BCUT2D eigenvalue weighted by atomic mass is 19.1. The lowest BCUT2D eigenvalue weighted by Gasteiger charge is -2.29. The molecule has 2 aromatic heterocycles. The Morgan fingerprint density at radius 3 is 2.72 bits per heavy atom. The number of hydrogen-bond acceptors (Lipinski definition) is 5. The number of ether oxygens (including phenoxy) is 1. The average molecular weight is 392 g/mol. The van der Waals surface area contributed by atoms with Crippen LogP contribution in [0.4, 0.5) is 10.1 Å². The quantitative estimate of drug-likeness (QED) is 0.577. The Hall–Kier alpha value is -3.52. The molecule has 1 N–H and O–H groups in total. The minimum Gasteiger partial charge on any atom is -0.478 e. The molecule has 29 heavy (non-hydrogen) atoms. The topological polar surface area (TPSA) is 80.5 Å². The minimum absolute atomic E-state index is 0.132. The Labute approximate surface area is 165 Å². The summed E-state index contributed by atoms with van der Waals surface area (Å²) in [5.74, 6) is -1.45. The van der Waals surface area contributed by atoms with E-state index in [-0.39, 0.29) is 11.1 Å². The Kier molecular flexibility index (Phi) is 4.13. The van der Waals surface area contributed by atoms with Crippen LogP contribution in [-0.4, -0.2) is 51.9 Å². The summed E-state index contributed by atoms with van der Waals surface area (Å²) in [5, 5.41) is 10.4. The highest BCUT2D eigenvalue weighted by Gasteiger charge is 2.20. The minimum atomic E-state index is -1.04. The maximum Gasteiger partial charge on any atom is 0.338 e. The van der Waals surface area contributed by atoms with E-state index in [4.69, 9.17) is 4.74 Å². The van der Waals surface area contributed by atoms with Crippen molar-refractivity contribution in [2.45, 2.75) is 0 Å². The number of para-hydroxylation sites is 1. The van der Waals surface area contributed by atoms with Crippen molar-refractivity contribution in [3.8, 4) is 5.69 Å². The van der Waals surface area contributed by atoms with Crippen molar-refractivity contribution in [3.05, 3.63) is 60.3 Å². The number of rotatable bonds is 3. The van der Waals surface area contributed by atoms with Crippen molar-refractivity contribution >= 4 is 33.6 Å². The van der Waals surface area contributed by atoms with E-state index in [1.165, 1.54) is 12.3 Å². The van der Waals surface area contributed by atoms with Crippen LogP contribution in [0.25, 0.3) is 27.6 Å². The number of carbonyl (C=O) groups is 1. The molecule has 0 unspecified atom stereocenters. The number of pyridine rings is 1. The molecule has 7 nitrogen and oxygen atoms in total. The molecule has 1 fully saturated rings. The van der Waals surface area contributed by atoms with Crippen LogP contribution in [-0.2, 0) is 4.74 Å². The standard InChI is InChI=1S/C21H17FN4O3/c22-16-3-1-2-14-17(4-5-23-19(14)16)26-12-24-20-15(21(27)28)10-13(11-18(20)26)25-6-8-29-9-7-25/h1-5,10-12H,6-9H2,(H,27,28). The molecule has 0 bridgehead atoms. The van der Waals surface area contributed by atoms with Gasteiger partial charge in [0.15, 0.2) is 0 Å². The van der Waals surface area contributed by atoms with E-state index in [1.807, 2.05) is 6.07 Å². The Morgan fingerprint density at radius 1 is 1.10 bits per heavy atom. The SMILES string of the molecule is O=C(O)c1cc(N2CCOCC2)cc2c1ncn2-c1ccnc2c(F)cccc12. The van der Waals surface area contributed by atoms with Gasteiger partial charge in [-0.15, -0.1) is 0 Å². The Balaban J connectivity index is 1.77. The number of hydrogen-bond donors (Lipinski definition) is 1. The molecule has 0 radical (unpaired) electrons. The molecular formula is C21H17FN4O3. The maximum atomic E-state index is 14.2. The largest absolute Gasteiger partial charge is 0.478 e. The van der Waals surface area contributed by atoms with E-state index in [2.05, 4.69) is 14.9 Å². The summed E-state index contributed by atoms with van der Waals surface area (Å²) < 4.78 is 21.4. The van der Waals surface area contributed by atoms with Crippen LogP contribution in [0.3, 0.4) is 0 Å². The van der Waals surface area contributed by atoms with E-state index < -0.39 is 11.8 Å². The second-order valence-electron chi connectivity index (χ2n) is 6.85. The van der Waals surface area contributed by atoms with Gasteiger partial charge in [-0.25, -0.2) is 14.2 Å². The number of benzene rings is 2. The first-order valence-electron chi connectivity index (χ1n) is 9.24. The van der Waals surface area contributed by atoms with Crippen molar-refractivity contribution in [2.75, 3.05) is 31.2 Å². The van der Waals surface area contributed by atoms with Gasteiger partial charge in [0.2, 0.25) is 0 Å². The van der Waals surface area contributed by atoms with Crippen molar-refractivity contribution in [2.24, 2.45) is 0 Å². The molecule has 0 atom stereocenters. The molecule has 1 saturated heterocycles.